The number of piperazine rings is 1. The Hall–Kier alpha value is -2.64. The number of nitrogens with zero attached hydrogens (tertiary/aromatic N) is 2. The first-order valence-corrected chi connectivity index (χ1v) is 11.3. The van der Waals surface area contributed by atoms with E-state index >= 15 is 0 Å². The summed E-state index contributed by atoms with van der Waals surface area (Å²) in [6, 6.07) is 12.8. The molecular formula is C24H28ClFN4O2. The fraction of sp³-hybridized carbons (Fsp3) is 0.417. The van der Waals surface area contributed by atoms with Gasteiger partial charge in [-0.25, -0.2) is 9.18 Å². The number of carbonyl (C=O) groups excluding carboxylic acids is 2. The lowest BCUT2D eigenvalue weighted by molar-refractivity contribution is -0.137. The Morgan fingerprint density at radius 1 is 0.969 bits per heavy atom. The molecule has 6 nitrogen and oxygen atoms in total. The highest BCUT2D eigenvalue weighted by Gasteiger charge is 2.42. The van der Waals surface area contributed by atoms with E-state index in [2.05, 4.69) is 22.6 Å². The molecule has 1 aliphatic heterocycles. The minimum absolute atomic E-state index is 0.0661. The molecule has 1 saturated heterocycles. The van der Waals surface area contributed by atoms with E-state index in [9.17, 15) is 14.0 Å². The van der Waals surface area contributed by atoms with Crippen LogP contribution in [-0.4, -0.2) is 61.0 Å². The zero-order valence-electron chi connectivity index (χ0n) is 18.1. The molecule has 1 saturated carbocycles. The predicted octanol–water partition coefficient (Wildman–Crippen LogP) is 3.94. The van der Waals surface area contributed by atoms with E-state index in [4.69, 9.17) is 11.6 Å². The van der Waals surface area contributed by atoms with Crippen LogP contribution in [-0.2, 0) is 4.79 Å². The largest absolute Gasteiger partial charge is 0.340 e. The summed E-state index contributed by atoms with van der Waals surface area (Å²) in [5.74, 6) is -0.492. The molecule has 2 aliphatic rings. The van der Waals surface area contributed by atoms with Gasteiger partial charge in [-0.05, 0) is 67.8 Å². The van der Waals surface area contributed by atoms with Gasteiger partial charge in [-0.1, -0.05) is 23.7 Å². The molecule has 0 aromatic heterocycles. The van der Waals surface area contributed by atoms with Gasteiger partial charge in [0.05, 0.1) is 0 Å². The molecule has 1 heterocycles. The number of hydrogen-bond acceptors (Lipinski definition) is 3. The minimum Gasteiger partial charge on any atom is -0.340 e. The maximum atomic E-state index is 13.5. The number of likely N-dealkylation sites (N-methyl/N-ethyl adjacent to an activating group) is 1. The molecule has 2 aromatic rings. The van der Waals surface area contributed by atoms with Gasteiger partial charge >= 0.3 is 6.03 Å². The summed E-state index contributed by atoms with van der Waals surface area (Å²) >= 11 is 5.90. The molecule has 2 aromatic carbocycles. The molecule has 0 spiro atoms. The van der Waals surface area contributed by atoms with Crippen LogP contribution >= 0.6 is 11.6 Å². The highest BCUT2D eigenvalue weighted by Crippen LogP contribution is 2.41. The lowest BCUT2D eigenvalue weighted by atomic mass is 9.88. The van der Waals surface area contributed by atoms with Crippen LogP contribution in [0.5, 0.6) is 0 Å². The van der Waals surface area contributed by atoms with Crippen LogP contribution in [0, 0.1) is 11.7 Å². The predicted molar refractivity (Wildman–Crippen MR) is 123 cm³/mol. The van der Waals surface area contributed by atoms with Crippen molar-refractivity contribution < 1.29 is 14.0 Å². The van der Waals surface area contributed by atoms with E-state index < -0.39 is 0 Å². The summed E-state index contributed by atoms with van der Waals surface area (Å²) < 4.78 is 13.5. The zero-order chi connectivity index (χ0) is 22.7. The summed E-state index contributed by atoms with van der Waals surface area (Å²) in [4.78, 5) is 30.1. The van der Waals surface area contributed by atoms with E-state index in [1.165, 1.54) is 12.1 Å². The van der Waals surface area contributed by atoms with Crippen molar-refractivity contribution in [3.63, 3.8) is 0 Å². The molecule has 4 rings (SSSR count). The molecule has 32 heavy (non-hydrogen) atoms. The monoisotopic (exact) mass is 458 g/mol. The van der Waals surface area contributed by atoms with Gasteiger partial charge in [-0.15, -0.1) is 0 Å². The molecule has 0 bridgehead atoms. The third kappa shape index (κ3) is 5.40. The molecule has 0 radical (unpaired) electrons. The smallest absolute Gasteiger partial charge is 0.319 e. The van der Waals surface area contributed by atoms with Crippen LogP contribution < -0.4 is 10.6 Å². The molecule has 170 valence electrons. The van der Waals surface area contributed by atoms with Gasteiger partial charge in [0.1, 0.15) is 5.82 Å². The Balaban J connectivity index is 1.46. The Morgan fingerprint density at radius 2 is 1.62 bits per heavy atom. The lowest BCUT2D eigenvalue weighted by Crippen LogP contribution is -2.49. The van der Waals surface area contributed by atoms with E-state index in [1.54, 1.807) is 36.4 Å². The molecule has 3 amide bonds. The second-order valence-electron chi connectivity index (χ2n) is 8.67. The van der Waals surface area contributed by atoms with Crippen molar-refractivity contribution in [1.82, 2.24) is 15.1 Å². The molecule has 2 N–H and O–H groups in total. The van der Waals surface area contributed by atoms with Gasteiger partial charge in [-0.3, -0.25) is 4.79 Å². The maximum Gasteiger partial charge on any atom is 0.319 e. The summed E-state index contributed by atoms with van der Waals surface area (Å²) in [5.41, 5.74) is 1.58. The summed E-state index contributed by atoms with van der Waals surface area (Å²) in [6.07, 6.45) is 1.19. The van der Waals surface area contributed by atoms with Crippen LogP contribution in [0.1, 0.15) is 24.3 Å². The van der Waals surface area contributed by atoms with Crippen LogP contribution in [0.4, 0.5) is 14.9 Å². The van der Waals surface area contributed by atoms with Crippen molar-refractivity contribution in [2.75, 3.05) is 38.5 Å². The zero-order valence-corrected chi connectivity index (χ0v) is 18.8. The summed E-state index contributed by atoms with van der Waals surface area (Å²) in [6.45, 7) is 3.12. The fourth-order valence-electron chi connectivity index (χ4n) is 4.65. The van der Waals surface area contributed by atoms with Gasteiger partial charge in [0.2, 0.25) is 5.91 Å². The number of urea groups is 1. The number of anilines is 1. The Morgan fingerprint density at radius 3 is 2.28 bits per heavy atom. The van der Waals surface area contributed by atoms with Crippen molar-refractivity contribution in [1.29, 1.82) is 0 Å². The Kier molecular flexibility index (Phi) is 6.96. The minimum atomic E-state index is -0.317. The van der Waals surface area contributed by atoms with Gasteiger partial charge < -0.3 is 20.4 Å². The number of nitrogens with one attached hydrogen (secondary N) is 2. The van der Waals surface area contributed by atoms with Crippen LogP contribution in [0.15, 0.2) is 48.5 Å². The van der Waals surface area contributed by atoms with Crippen molar-refractivity contribution in [2.24, 2.45) is 5.92 Å². The fourth-order valence-corrected chi connectivity index (χ4v) is 4.78. The molecule has 2 fully saturated rings. The van der Waals surface area contributed by atoms with Gasteiger partial charge in [-0.2, -0.15) is 0 Å². The first-order valence-electron chi connectivity index (χ1n) is 10.9. The first kappa shape index (κ1) is 22.6. The van der Waals surface area contributed by atoms with Crippen molar-refractivity contribution in [2.45, 2.75) is 24.8 Å². The molecule has 3 atom stereocenters. The van der Waals surface area contributed by atoms with Crippen molar-refractivity contribution >= 4 is 29.2 Å². The van der Waals surface area contributed by atoms with Gasteiger partial charge in [0.25, 0.3) is 0 Å². The molecule has 1 aliphatic carbocycles. The Bertz CT molecular complexity index is 945. The van der Waals surface area contributed by atoms with E-state index in [0.29, 0.717) is 36.6 Å². The third-order valence-electron chi connectivity index (χ3n) is 6.43. The van der Waals surface area contributed by atoms with Gasteiger partial charge in [0.15, 0.2) is 0 Å². The Labute approximate surface area is 192 Å². The first-order chi connectivity index (χ1) is 15.4. The van der Waals surface area contributed by atoms with Gasteiger partial charge in [0, 0.05) is 48.8 Å². The molecular weight excluding hydrogens is 431 g/mol. The van der Waals surface area contributed by atoms with Crippen molar-refractivity contribution in [3.8, 4) is 0 Å². The number of hydrogen-bond donors (Lipinski definition) is 2. The number of rotatable bonds is 4. The van der Waals surface area contributed by atoms with E-state index in [-0.39, 0.29) is 35.6 Å². The van der Waals surface area contributed by atoms with Crippen molar-refractivity contribution in [3.05, 3.63) is 64.9 Å². The highest BCUT2D eigenvalue weighted by molar-refractivity contribution is 6.30. The average molecular weight is 459 g/mol. The summed E-state index contributed by atoms with van der Waals surface area (Å²) in [5, 5.41) is 6.42. The summed E-state index contributed by atoms with van der Waals surface area (Å²) in [7, 11) is 2.05. The topological polar surface area (TPSA) is 64.7 Å². The number of benzene rings is 2. The van der Waals surface area contributed by atoms with Crippen LogP contribution in [0.2, 0.25) is 5.02 Å². The number of amides is 3. The number of carbonyl (C=O) groups is 2. The molecule has 8 heteroatoms. The highest BCUT2D eigenvalue weighted by atomic mass is 35.5. The maximum absolute atomic E-state index is 13.5. The lowest BCUT2D eigenvalue weighted by Gasteiger charge is -2.35. The van der Waals surface area contributed by atoms with E-state index in [0.717, 1.165) is 18.7 Å². The SMILES string of the molecule is CN1CCN(C(=O)[C@H]2C[C@@H](NC(=O)Nc3ccc(Cl)cc3)C[C@@H]2c2ccc(F)cc2)CC1. The third-order valence-corrected chi connectivity index (χ3v) is 6.68. The standard InChI is InChI=1S/C24H28ClFN4O2/c1-29-10-12-30(13-11-29)23(31)22-15-20(14-21(22)16-2-6-18(26)7-3-16)28-24(32)27-19-8-4-17(25)5-9-19/h2-9,20-22H,10-15H2,1H3,(H2,27,28,32)/t20-,21+,22-/m0/s1. The van der Waals surface area contributed by atoms with Crippen LogP contribution in [0.3, 0.4) is 0 Å². The average Bonchev–Trinajstić information content (AvgIpc) is 3.19. The second-order valence-corrected chi connectivity index (χ2v) is 9.10. The second kappa shape index (κ2) is 9.88. The number of halogens is 2. The quantitative estimate of drug-likeness (QED) is 0.729. The van der Waals surface area contributed by atoms with Crippen LogP contribution in [0.25, 0.3) is 0 Å². The normalized spacial score (nSPS) is 23.7. The molecule has 0 unspecified atom stereocenters. The van der Waals surface area contributed by atoms with E-state index in [1.807, 2.05) is 4.90 Å².